The highest BCUT2D eigenvalue weighted by Crippen LogP contribution is 2.11. The fraction of sp³-hybridized carbons (Fsp3) is 0.111. The Morgan fingerprint density at radius 2 is 2.07 bits per heavy atom. The van der Waals surface area contributed by atoms with E-state index < -0.39 is 4.92 Å². The van der Waals surface area contributed by atoms with Crippen molar-refractivity contribution in [3.63, 3.8) is 0 Å². The van der Waals surface area contributed by atoms with Crippen molar-refractivity contribution in [2.24, 2.45) is 0 Å². The molecular weight excluding hydrogens is 198 g/mol. The molecule has 0 aliphatic rings. The molecule has 0 radical (unpaired) electrons. The molecule has 0 aromatic heterocycles. The summed E-state index contributed by atoms with van der Waals surface area (Å²) < 4.78 is 0. The Labute approximate surface area is 85.6 Å². The van der Waals surface area contributed by atoms with Crippen molar-refractivity contribution in [1.29, 1.82) is 5.41 Å². The minimum atomic E-state index is -0.503. The number of nitro benzene ring substituents is 1. The van der Waals surface area contributed by atoms with Crippen molar-refractivity contribution < 1.29 is 9.72 Å². The van der Waals surface area contributed by atoms with Crippen LogP contribution in [0.5, 0.6) is 0 Å². The quantitative estimate of drug-likeness (QED) is 0.322. The normalized spacial score (nSPS) is 9.33. The zero-order valence-corrected chi connectivity index (χ0v) is 7.77. The molecule has 6 nitrogen and oxygen atoms in total. The molecule has 0 bridgehead atoms. The summed E-state index contributed by atoms with van der Waals surface area (Å²) in [5.41, 5.74) is 0.738. The van der Waals surface area contributed by atoms with Gasteiger partial charge < -0.3 is 10.7 Å². The summed E-state index contributed by atoms with van der Waals surface area (Å²) in [6, 6.07) is 5.61. The Kier molecular flexibility index (Phi) is 3.50. The lowest BCUT2D eigenvalue weighted by Gasteiger charge is -2.02. The lowest BCUT2D eigenvalue weighted by Crippen LogP contribution is -2.21. The highest BCUT2D eigenvalue weighted by Gasteiger charge is 2.06. The minimum absolute atomic E-state index is 0.0186. The number of carbonyl (C=O) groups excluding carboxylic acids is 1. The van der Waals surface area contributed by atoms with Crippen LogP contribution in [0.3, 0.4) is 0 Å². The molecular formula is C9H9N3O3. The Morgan fingerprint density at radius 1 is 1.47 bits per heavy atom. The van der Waals surface area contributed by atoms with Crippen LogP contribution in [0.2, 0.25) is 0 Å². The van der Waals surface area contributed by atoms with Crippen LogP contribution in [0.1, 0.15) is 5.56 Å². The first-order chi connectivity index (χ1) is 7.15. The van der Waals surface area contributed by atoms with Gasteiger partial charge in [0, 0.05) is 12.1 Å². The van der Waals surface area contributed by atoms with Crippen molar-refractivity contribution in [2.75, 3.05) is 6.54 Å². The predicted molar refractivity (Wildman–Crippen MR) is 54.0 cm³/mol. The van der Waals surface area contributed by atoms with E-state index in [1.54, 1.807) is 0 Å². The van der Waals surface area contributed by atoms with E-state index >= 15 is 0 Å². The summed E-state index contributed by atoms with van der Waals surface area (Å²) in [5.74, 6) is 0. The molecule has 1 amide bonds. The molecule has 0 atom stereocenters. The molecule has 0 aliphatic heterocycles. The molecule has 2 N–H and O–H groups in total. The van der Waals surface area contributed by atoms with Crippen LogP contribution in [0.25, 0.3) is 0 Å². The number of hydrogen-bond donors (Lipinski definition) is 2. The molecule has 6 heteroatoms. The summed E-state index contributed by atoms with van der Waals surface area (Å²) in [7, 11) is 0. The van der Waals surface area contributed by atoms with Crippen LogP contribution in [0.15, 0.2) is 24.3 Å². The minimum Gasteiger partial charge on any atom is -0.353 e. The van der Waals surface area contributed by atoms with Crippen LogP contribution in [-0.2, 0) is 4.79 Å². The molecule has 0 saturated heterocycles. The van der Waals surface area contributed by atoms with Gasteiger partial charge in [-0.3, -0.25) is 14.9 Å². The summed E-state index contributed by atoms with van der Waals surface area (Å²) >= 11 is 0. The zero-order valence-electron chi connectivity index (χ0n) is 7.77. The Balaban J connectivity index is 2.75. The van der Waals surface area contributed by atoms with E-state index in [9.17, 15) is 14.9 Å². The van der Waals surface area contributed by atoms with Gasteiger partial charge in [-0.1, -0.05) is 0 Å². The number of benzene rings is 1. The molecule has 1 rings (SSSR count). The summed E-state index contributed by atoms with van der Waals surface area (Å²) in [5, 5.41) is 20.2. The lowest BCUT2D eigenvalue weighted by atomic mass is 10.1. The van der Waals surface area contributed by atoms with E-state index in [1.807, 2.05) is 0 Å². The van der Waals surface area contributed by atoms with Crippen molar-refractivity contribution in [2.45, 2.75) is 0 Å². The third-order valence-corrected chi connectivity index (χ3v) is 1.79. The van der Waals surface area contributed by atoms with Gasteiger partial charge in [0.2, 0.25) is 6.41 Å². The number of hydrogen-bond acceptors (Lipinski definition) is 4. The molecule has 0 aliphatic carbocycles. The zero-order chi connectivity index (χ0) is 11.3. The highest BCUT2D eigenvalue weighted by atomic mass is 16.6. The summed E-state index contributed by atoms with van der Waals surface area (Å²) in [6.45, 7) is 0.112. The van der Waals surface area contributed by atoms with Crippen molar-refractivity contribution in [3.8, 4) is 0 Å². The van der Waals surface area contributed by atoms with Crippen LogP contribution in [0, 0.1) is 15.5 Å². The fourth-order valence-corrected chi connectivity index (χ4v) is 1.03. The SMILES string of the molecule is N=C(CNC=O)c1ccc([N+](=O)[O-])cc1. The third kappa shape index (κ3) is 2.87. The van der Waals surface area contributed by atoms with Gasteiger partial charge in [-0.05, 0) is 17.7 Å². The number of nitro groups is 1. The first-order valence-corrected chi connectivity index (χ1v) is 4.14. The first kappa shape index (κ1) is 10.8. The second-order valence-electron chi connectivity index (χ2n) is 2.78. The van der Waals surface area contributed by atoms with Crippen LogP contribution in [-0.4, -0.2) is 23.6 Å². The monoisotopic (exact) mass is 207 g/mol. The molecule has 0 saturated carbocycles. The number of amides is 1. The Morgan fingerprint density at radius 3 is 2.53 bits per heavy atom. The van der Waals surface area contributed by atoms with Gasteiger partial charge in [0.1, 0.15) is 0 Å². The van der Waals surface area contributed by atoms with Gasteiger partial charge in [-0.25, -0.2) is 0 Å². The molecule has 0 fully saturated rings. The summed E-state index contributed by atoms with van der Waals surface area (Å²) in [4.78, 5) is 19.8. The molecule has 0 heterocycles. The highest BCUT2D eigenvalue weighted by molar-refractivity contribution is 6.00. The molecule has 15 heavy (non-hydrogen) atoms. The lowest BCUT2D eigenvalue weighted by molar-refractivity contribution is -0.384. The van der Waals surface area contributed by atoms with Gasteiger partial charge >= 0.3 is 0 Å². The van der Waals surface area contributed by atoms with Gasteiger partial charge in [-0.2, -0.15) is 0 Å². The molecule has 1 aromatic carbocycles. The fourth-order valence-electron chi connectivity index (χ4n) is 1.03. The maximum Gasteiger partial charge on any atom is 0.269 e. The number of nitrogens with zero attached hydrogens (tertiary/aromatic N) is 1. The van der Waals surface area contributed by atoms with E-state index in [0.29, 0.717) is 12.0 Å². The van der Waals surface area contributed by atoms with Crippen LogP contribution in [0.4, 0.5) is 5.69 Å². The molecule has 1 aromatic rings. The van der Waals surface area contributed by atoms with Crippen molar-refractivity contribution >= 4 is 17.8 Å². The van der Waals surface area contributed by atoms with E-state index in [0.717, 1.165) is 0 Å². The summed E-state index contributed by atoms with van der Waals surface area (Å²) in [6.07, 6.45) is 0.500. The van der Waals surface area contributed by atoms with E-state index in [4.69, 9.17) is 5.41 Å². The van der Waals surface area contributed by atoms with E-state index in [1.165, 1.54) is 24.3 Å². The van der Waals surface area contributed by atoms with Gasteiger partial charge in [0.05, 0.1) is 17.2 Å². The maximum atomic E-state index is 10.3. The second-order valence-corrected chi connectivity index (χ2v) is 2.78. The average molecular weight is 207 g/mol. The van der Waals surface area contributed by atoms with Gasteiger partial charge in [0.15, 0.2) is 0 Å². The number of non-ortho nitro benzene ring substituents is 1. The third-order valence-electron chi connectivity index (χ3n) is 1.79. The van der Waals surface area contributed by atoms with Crippen molar-refractivity contribution in [3.05, 3.63) is 39.9 Å². The average Bonchev–Trinajstić information content (AvgIpc) is 2.26. The van der Waals surface area contributed by atoms with Crippen LogP contribution >= 0.6 is 0 Å². The van der Waals surface area contributed by atoms with Crippen LogP contribution < -0.4 is 5.32 Å². The standard InChI is InChI=1S/C9H9N3O3/c10-9(5-11-6-13)7-1-3-8(4-2-7)12(14)15/h1-4,6,10H,5H2,(H,11,13). The van der Waals surface area contributed by atoms with E-state index in [2.05, 4.69) is 5.32 Å². The second kappa shape index (κ2) is 4.85. The largest absolute Gasteiger partial charge is 0.353 e. The maximum absolute atomic E-state index is 10.3. The molecule has 0 spiro atoms. The Hall–Kier alpha value is -2.24. The predicted octanol–water partition coefficient (Wildman–Crippen LogP) is 0.709. The van der Waals surface area contributed by atoms with Gasteiger partial charge in [0.25, 0.3) is 5.69 Å². The Bertz CT molecular complexity index is 386. The van der Waals surface area contributed by atoms with Crippen molar-refractivity contribution in [1.82, 2.24) is 5.32 Å². The van der Waals surface area contributed by atoms with Gasteiger partial charge in [-0.15, -0.1) is 0 Å². The smallest absolute Gasteiger partial charge is 0.269 e. The number of nitrogens with one attached hydrogen (secondary N) is 2. The molecule has 0 unspecified atom stereocenters. The molecule has 78 valence electrons. The topological polar surface area (TPSA) is 96.1 Å². The van der Waals surface area contributed by atoms with E-state index in [-0.39, 0.29) is 17.9 Å². The first-order valence-electron chi connectivity index (χ1n) is 4.14. The number of carbonyl (C=O) groups is 1. The number of rotatable bonds is 5.